The number of amides is 1. The molecule has 0 saturated heterocycles. The molecule has 1 aliphatic rings. The largest absolute Gasteiger partial charge is 0.304 e. The highest BCUT2D eigenvalue weighted by Gasteiger charge is 2.36. The van der Waals surface area contributed by atoms with Crippen LogP contribution in [0.2, 0.25) is 0 Å². The summed E-state index contributed by atoms with van der Waals surface area (Å²) in [6.07, 6.45) is 4.46. The average Bonchev–Trinajstić information content (AvgIpc) is 2.67. The number of unbranched alkanes of at least 4 members (excludes halogenated alkanes) is 1. The molecule has 1 aromatic carbocycles. The van der Waals surface area contributed by atoms with Gasteiger partial charge in [-0.2, -0.15) is 0 Å². The Hall–Kier alpha value is -1.16. The summed E-state index contributed by atoms with van der Waals surface area (Å²) in [5.41, 5.74) is 1.29. The lowest BCUT2D eigenvalue weighted by Gasteiger charge is -2.23. The van der Waals surface area contributed by atoms with Gasteiger partial charge in [-0.15, -0.1) is 0 Å². The minimum atomic E-state index is -0.381. The van der Waals surface area contributed by atoms with Gasteiger partial charge in [-0.25, -0.2) is 0 Å². The van der Waals surface area contributed by atoms with Crippen LogP contribution in [0.1, 0.15) is 49.9 Å². The molecule has 0 saturated carbocycles. The first kappa shape index (κ1) is 15.2. The third-order valence-electron chi connectivity index (χ3n) is 3.92. The Morgan fingerprint density at radius 1 is 1.25 bits per heavy atom. The number of Topliss-reactive ketones (excluding diaryl/α,β-unsaturated/α-hetero) is 1. The normalized spacial score (nSPS) is 15.7. The monoisotopic (exact) mass is 337 g/mol. The molecule has 0 fully saturated rings. The van der Waals surface area contributed by atoms with E-state index >= 15 is 0 Å². The van der Waals surface area contributed by atoms with Gasteiger partial charge in [0.15, 0.2) is 0 Å². The summed E-state index contributed by atoms with van der Waals surface area (Å²) in [6.45, 7) is 4.96. The maximum atomic E-state index is 12.2. The van der Waals surface area contributed by atoms with Crippen molar-refractivity contribution in [2.45, 2.75) is 39.5 Å². The predicted molar refractivity (Wildman–Crippen MR) is 84.1 cm³/mol. The molecule has 0 aliphatic carbocycles. The van der Waals surface area contributed by atoms with E-state index in [4.69, 9.17) is 0 Å². The van der Waals surface area contributed by atoms with E-state index in [2.05, 4.69) is 29.8 Å². The van der Waals surface area contributed by atoms with Crippen LogP contribution in [0.15, 0.2) is 22.7 Å². The van der Waals surface area contributed by atoms with Gasteiger partial charge in [-0.1, -0.05) is 49.0 Å². The zero-order chi connectivity index (χ0) is 14.7. The second-order valence-corrected chi connectivity index (χ2v) is 6.24. The summed E-state index contributed by atoms with van der Waals surface area (Å²) in [6, 6.07) is 5.40. The highest BCUT2D eigenvalue weighted by Crippen LogP contribution is 2.33. The SMILES string of the molecule is CCCCC(CC)CN1C(=O)C(=O)c2ccc(Br)cc21. The van der Waals surface area contributed by atoms with Crippen LogP contribution in [-0.2, 0) is 4.79 Å². The van der Waals surface area contributed by atoms with Crippen LogP contribution >= 0.6 is 15.9 Å². The van der Waals surface area contributed by atoms with E-state index < -0.39 is 0 Å². The molecule has 1 amide bonds. The number of ketones is 1. The summed E-state index contributed by atoms with van der Waals surface area (Å²) in [4.78, 5) is 25.8. The van der Waals surface area contributed by atoms with Crippen LogP contribution in [0.25, 0.3) is 0 Å². The van der Waals surface area contributed by atoms with Gasteiger partial charge < -0.3 is 4.90 Å². The number of carbonyl (C=O) groups is 2. The molecule has 0 bridgehead atoms. The van der Waals surface area contributed by atoms with Gasteiger partial charge in [0.05, 0.1) is 11.3 Å². The first-order valence-electron chi connectivity index (χ1n) is 7.24. The van der Waals surface area contributed by atoms with E-state index in [1.165, 1.54) is 6.42 Å². The Kier molecular flexibility index (Phi) is 4.97. The van der Waals surface area contributed by atoms with Crippen molar-refractivity contribution in [2.24, 2.45) is 5.92 Å². The van der Waals surface area contributed by atoms with Crippen molar-refractivity contribution >= 4 is 33.3 Å². The molecule has 0 radical (unpaired) electrons. The smallest absolute Gasteiger partial charge is 0.299 e. The molecule has 3 nitrogen and oxygen atoms in total. The van der Waals surface area contributed by atoms with Gasteiger partial charge in [0.2, 0.25) is 0 Å². The van der Waals surface area contributed by atoms with Gasteiger partial charge in [0, 0.05) is 11.0 Å². The zero-order valence-electron chi connectivity index (χ0n) is 12.0. The molecule has 1 atom stereocenters. The lowest BCUT2D eigenvalue weighted by Crippen LogP contribution is -2.34. The number of rotatable bonds is 6. The Morgan fingerprint density at radius 3 is 2.65 bits per heavy atom. The molecule has 0 N–H and O–H groups in total. The van der Waals surface area contributed by atoms with Crippen molar-refractivity contribution in [1.82, 2.24) is 0 Å². The van der Waals surface area contributed by atoms with Crippen molar-refractivity contribution in [1.29, 1.82) is 0 Å². The van der Waals surface area contributed by atoms with E-state index in [9.17, 15) is 9.59 Å². The maximum absolute atomic E-state index is 12.2. The summed E-state index contributed by atoms with van der Waals surface area (Å²) < 4.78 is 0.894. The Balaban J connectivity index is 2.22. The first-order valence-corrected chi connectivity index (χ1v) is 8.03. The third kappa shape index (κ3) is 2.95. The summed E-state index contributed by atoms with van der Waals surface area (Å²) in [7, 11) is 0. The molecular weight excluding hydrogens is 318 g/mol. The summed E-state index contributed by atoms with van der Waals surface area (Å²) in [5.74, 6) is -0.303. The Morgan fingerprint density at radius 2 is 2.00 bits per heavy atom. The molecule has 0 spiro atoms. The predicted octanol–water partition coefficient (Wildman–Crippen LogP) is 4.19. The van der Waals surface area contributed by atoms with Crippen LogP contribution in [0.3, 0.4) is 0 Å². The number of halogens is 1. The summed E-state index contributed by atoms with van der Waals surface area (Å²) in [5, 5.41) is 0. The fraction of sp³-hybridized carbons (Fsp3) is 0.500. The van der Waals surface area contributed by atoms with E-state index in [1.807, 2.05) is 12.1 Å². The molecule has 2 rings (SSSR count). The van der Waals surface area contributed by atoms with Crippen molar-refractivity contribution in [3.8, 4) is 0 Å². The lowest BCUT2D eigenvalue weighted by atomic mass is 9.98. The fourth-order valence-corrected chi connectivity index (χ4v) is 2.97. The van der Waals surface area contributed by atoms with Crippen molar-refractivity contribution < 1.29 is 9.59 Å². The van der Waals surface area contributed by atoms with Gasteiger partial charge in [0.25, 0.3) is 11.7 Å². The molecule has 1 aliphatic heterocycles. The van der Waals surface area contributed by atoms with Crippen molar-refractivity contribution in [3.05, 3.63) is 28.2 Å². The Bertz CT molecular complexity index is 527. The van der Waals surface area contributed by atoms with Crippen molar-refractivity contribution in [2.75, 3.05) is 11.4 Å². The molecule has 108 valence electrons. The number of carbonyl (C=O) groups excluding carboxylic acids is 2. The van der Waals surface area contributed by atoms with Crippen LogP contribution in [-0.4, -0.2) is 18.2 Å². The van der Waals surface area contributed by atoms with E-state index in [1.54, 1.807) is 11.0 Å². The van der Waals surface area contributed by atoms with Crippen LogP contribution in [0, 0.1) is 5.92 Å². The average molecular weight is 338 g/mol. The fourth-order valence-electron chi connectivity index (χ4n) is 2.62. The van der Waals surface area contributed by atoms with E-state index in [0.29, 0.717) is 18.0 Å². The second kappa shape index (κ2) is 6.53. The van der Waals surface area contributed by atoms with Crippen molar-refractivity contribution in [3.63, 3.8) is 0 Å². The standard InChI is InChI=1S/C16H20BrNO2/c1-3-5-6-11(4-2)10-18-14-9-12(17)7-8-13(14)15(19)16(18)20/h7-9,11H,3-6,10H2,1-2H3. The highest BCUT2D eigenvalue weighted by molar-refractivity contribution is 9.10. The zero-order valence-corrected chi connectivity index (χ0v) is 13.6. The maximum Gasteiger partial charge on any atom is 0.299 e. The number of hydrogen-bond donors (Lipinski definition) is 0. The first-order chi connectivity index (χ1) is 9.58. The minimum absolute atomic E-state index is 0.377. The number of anilines is 1. The van der Waals surface area contributed by atoms with Crippen LogP contribution in [0.4, 0.5) is 5.69 Å². The molecule has 4 heteroatoms. The number of benzene rings is 1. The second-order valence-electron chi connectivity index (χ2n) is 5.32. The summed E-state index contributed by atoms with van der Waals surface area (Å²) >= 11 is 3.41. The van der Waals surface area contributed by atoms with Crippen LogP contribution in [0.5, 0.6) is 0 Å². The van der Waals surface area contributed by atoms with Gasteiger partial charge >= 0.3 is 0 Å². The molecule has 1 unspecified atom stereocenters. The van der Waals surface area contributed by atoms with Gasteiger partial charge in [0.1, 0.15) is 0 Å². The number of nitrogens with zero attached hydrogens (tertiary/aromatic N) is 1. The Labute approximate surface area is 128 Å². The minimum Gasteiger partial charge on any atom is -0.304 e. The molecule has 20 heavy (non-hydrogen) atoms. The highest BCUT2D eigenvalue weighted by atomic mass is 79.9. The van der Waals surface area contributed by atoms with Crippen LogP contribution < -0.4 is 4.90 Å². The molecule has 1 heterocycles. The molecule has 1 aromatic rings. The number of fused-ring (bicyclic) bond motifs is 1. The lowest BCUT2D eigenvalue weighted by molar-refractivity contribution is -0.114. The van der Waals surface area contributed by atoms with Gasteiger partial charge in [-0.05, 0) is 30.5 Å². The molecule has 0 aromatic heterocycles. The van der Waals surface area contributed by atoms with E-state index in [0.717, 1.165) is 29.4 Å². The van der Waals surface area contributed by atoms with Gasteiger partial charge in [-0.3, -0.25) is 9.59 Å². The topological polar surface area (TPSA) is 37.4 Å². The third-order valence-corrected chi connectivity index (χ3v) is 4.41. The quantitative estimate of drug-likeness (QED) is 0.729. The van der Waals surface area contributed by atoms with E-state index in [-0.39, 0.29) is 11.7 Å². The molecular formula is C16H20BrNO2. The number of hydrogen-bond acceptors (Lipinski definition) is 2.